The molecular weight excluding hydrogens is 230 g/mol. The molecule has 17 heavy (non-hydrogen) atoms. The van der Waals surface area contributed by atoms with E-state index < -0.39 is 0 Å². The molecule has 1 rings (SSSR count). The molecule has 1 aliphatic rings. The van der Waals surface area contributed by atoms with E-state index in [4.69, 9.17) is 0 Å². The molecule has 1 aliphatic heterocycles. The third-order valence-corrected chi connectivity index (χ3v) is 5.35. The summed E-state index contributed by atoms with van der Waals surface area (Å²) in [5.74, 6) is 2.91. The van der Waals surface area contributed by atoms with E-state index in [1.54, 1.807) is 0 Å². The standard InChI is InChI=1S/C14H29NOS/c1-5-11(6-2)12(16)9-15-13-10-17-8-7-14(13,3)4/h11-13,15-16H,5-10H2,1-4H3. The number of rotatable bonds is 6. The zero-order chi connectivity index (χ0) is 12.9. The molecule has 0 aromatic rings. The molecule has 0 aromatic carbocycles. The van der Waals surface area contributed by atoms with E-state index in [0.717, 1.165) is 19.4 Å². The highest BCUT2D eigenvalue weighted by Gasteiger charge is 2.32. The Hall–Kier alpha value is 0.270. The topological polar surface area (TPSA) is 32.3 Å². The minimum Gasteiger partial charge on any atom is -0.392 e. The fourth-order valence-corrected chi connectivity index (χ4v) is 4.18. The van der Waals surface area contributed by atoms with Crippen molar-refractivity contribution in [1.82, 2.24) is 5.32 Å². The Morgan fingerprint density at radius 1 is 1.35 bits per heavy atom. The van der Waals surface area contributed by atoms with Crippen molar-refractivity contribution in [3.63, 3.8) is 0 Å². The molecule has 0 amide bonds. The van der Waals surface area contributed by atoms with Gasteiger partial charge >= 0.3 is 0 Å². The Morgan fingerprint density at radius 2 is 2.00 bits per heavy atom. The molecule has 2 unspecified atom stereocenters. The van der Waals surface area contributed by atoms with Gasteiger partial charge in [-0.2, -0.15) is 11.8 Å². The van der Waals surface area contributed by atoms with Crippen molar-refractivity contribution in [3.05, 3.63) is 0 Å². The fourth-order valence-electron chi connectivity index (χ4n) is 2.53. The van der Waals surface area contributed by atoms with Crippen molar-refractivity contribution < 1.29 is 5.11 Å². The van der Waals surface area contributed by atoms with Gasteiger partial charge in [0.25, 0.3) is 0 Å². The second kappa shape index (κ2) is 7.01. The molecule has 0 aliphatic carbocycles. The summed E-state index contributed by atoms with van der Waals surface area (Å²) in [6.07, 6.45) is 3.23. The number of nitrogens with one attached hydrogen (secondary N) is 1. The maximum absolute atomic E-state index is 10.1. The predicted octanol–water partition coefficient (Wildman–Crippen LogP) is 2.90. The van der Waals surface area contributed by atoms with Gasteiger partial charge in [0, 0.05) is 18.3 Å². The lowest BCUT2D eigenvalue weighted by Crippen LogP contribution is -2.49. The maximum Gasteiger partial charge on any atom is 0.0692 e. The highest BCUT2D eigenvalue weighted by molar-refractivity contribution is 7.99. The van der Waals surface area contributed by atoms with E-state index in [0.29, 0.717) is 17.4 Å². The smallest absolute Gasteiger partial charge is 0.0692 e. The Bertz CT molecular complexity index is 216. The number of thioether (sulfide) groups is 1. The van der Waals surface area contributed by atoms with Crippen molar-refractivity contribution >= 4 is 11.8 Å². The van der Waals surface area contributed by atoms with Gasteiger partial charge in [-0.15, -0.1) is 0 Å². The summed E-state index contributed by atoms with van der Waals surface area (Å²) in [6, 6.07) is 0.547. The lowest BCUT2D eigenvalue weighted by atomic mass is 9.82. The Morgan fingerprint density at radius 3 is 2.53 bits per heavy atom. The van der Waals surface area contributed by atoms with Crippen LogP contribution < -0.4 is 5.32 Å². The SMILES string of the molecule is CCC(CC)C(O)CNC1CSCCC1(C)C. The molecule has 1 saturated heterocycles. The summed E-state index contributed by atoms with van der Waals surface area (Å²) in [7, 11) is 0. The van der Waals surface area contributed by atoms with Gasteiger partial charge in [-0.25, -0.2) is 0 Å². The van der Waals surface area contributed by atoms with Crippen LogP contribution in [0.3, 0.4) is 0 Å². The zero-order valence-electron chi connectivity index (χ0n) is 11.8. The van der Waals surface area contributed by atoms with Crippen molar-refractivity contribution in [2.75, 3.05) is 18.1 Å². The number of hydrogen-bond donors (Lipinski definition) is 2. The summed E-state index contributed by atoms with van der Waals surface area (Å²) < 4.78 is 0. The first-order valence-electron chi connectivity index (χ1n) is 7.00. The normalized spacial score (nSPS) is 26.1. The summed E-state index contributed by atoms with van der Waals surface area (Å²) in [5.41, 5.74) is 0.374. The molecule has 102 valence electrons. The van der Waals surface area contributed by atoms with Gasteiger partial charge in [-0.3, -0.25) is 0 Å². The molecule has 0 saturated carbocycles. The van der Waals surface area contributed by atoms with Crippen molar-refractivity contribution in [2.45, 2.75) is 59.1 Å². The third kappa shape index (κ3) is 4.46. The summed E-state index contributed by atoms with van der Waals surface area (Å²) in [6.45, 7) is 9.76. The van der Waals surface area contributed by atoms with Gasteiger partial charge in [0.2, 0.25) is 0 Å². The molecular formula is C14H29NOS. The number of aliphatic hydroxyl groups is 1. The Balaban J connectivity index is 2.38. The van der Waals surface area contributed by atoms with Crippen LogP contribution in [0.5, 0.6) is 0 Å². The van der Waals surface area contributed by atoms with Gasteiger partial charge in [0.05, 0.1) is 6.10 Å². The van der Waals surface area contributed by atoms with Crippen LogP contribution in [0.2, 0.25) is 0 Å². The second-order valence-electron chi connectivity index (χ2n) is 5.92. The summed E-state index contributed by atoms with van der Waals surface area (Å²) in [5, 5.41) is 13.7. The van der Waals surface area contributed by atoms with Crippen LogP contribution in [0.1, 0.15) is 47.0 Å². The van der Waals surface area contributed by atoms with Crippen LogP contribution in [0.25, 0.3) is 0 Å². The first kappa shape index (κ1) is 15.3. The Labute approximate surface area is 111 Å². The van der Waals surface area contributed by atoms with Crippen LogP contribution in [0.4, 0.5) is 0 Å². The van der Waals surface area contributed by atoms with Crippen LogP contribution in [0.15, 0.2) is 0 Å². The molecule has 1 heterocycles. The quantitative estimate of drug-likeness (QED) is 0.769. The average Bonchev–Trinajstić information content (AvgIpc) is 2.28. The van der Waals surface area contributed by atoms with Gasteiger partial charge in [0.1, 0.15) is 0 Å². The minimum absolute atomic E-state index is 0.187. The highest BCUT2D eigenvalue weighted by atomic mass is 32.2. The molecule has 3 heteroatoms. The van der Waals surface area contributed by atoms with E-state index in [2.05, 4.69) is 33.0 Å². The maximum atomic E-state index is 10.1. The van der Waals surface area contributed by atoms with E-state index in [1.165, 1.54) is 17.9 Å². The van der Waals surface area contributed by atoms with E-state index in [9.17, 15) is 5.11 Å². The van der Waals surface area contributed by atoms with Gasteiger partial charge in [0.15, 0.2) is 0 Å². The predicted molar refractivity (Wildman–Crippen MR) is 77.6 cm³/mol. The molecule has 0 bridgehead atoms. The minimum atomic E-state index is -0.187. The van der Waals surface area contributed by atoms with Crippen molar-refractivity contribution in [3.8, 4) is 0 Å². The van der Waals surface area contributed by atoms with Gasteiger partial charge < -0.3 is 10.4 Å². The molecule has 0 radical (unpaired) electrons. The van der Waals surface area contributed by atoms with Crippen LogP contribution in [0, 0.1) is 11.3 Å². The molecule has 1 fully saturated rings. The van der Waals surface area contributed by atoms with Crippen LogP contribution in [-0.4, -0.2) is 35.3 Å². The van der Waals surface area contributed by atoms with E-state index in [1.807, 2.05) is 11.8 Å². The molecule has 0 spiro atoms. The third-order valence-electron chi connectivity index (χ3n) is 4.28. The van der Waals surface area contributed by atoms with E-state index >= 15 is 0 Å². The monoisotopic (exact) mass is 259 g/mol. The average molecular weight is 259 g/mol. The second-order valence-corrected chi connectivity index (χ2v) is 7.07. The lowest BCUT2D eigenvalue weighted by Gasteiger charge is -2.39. The molecule has 0 aromatic heterocycles. The zero-order valence-corrected chi connectivity index (χ0v) is 12.6. The molecule has 2 N–H and O–H groups in total. The van der Waals surface area contributed by atoms with E-state index in [-0.39, 0.29) is 6.10 Å². The summed E-state index contributed by atoms with van der Waals surface area (Å²) in [4.78, 5) is 0. The molecule has 2 atom stereocenters. The van der Waals surface area contributed by atoms with Gasteiger partial charge in [-0.05, 0) is 23.5 Å². The van der Waals surface area contributed by atoms with Crippen LogP contribution >= 0.6 is 11.8 Å². The highest BCUT2D eigenvalue weighted by Crippen LogP contribution is 2.34. The fraction of sp³-hybridized carbons (Fsp3) is 1.00. The first-order chi connectivity index (χ1) is 8.01. The van der Waals surface area contributed by atoms with Crippen molar-refractivity contribution in [2.24, 2.45) is 11.3 Å². The number of aliphatic hydroxyl groups excluding tert-OH is 1. The Kier molecular flexibility index (Phi) is 6.32. The first-order valence-corrected chi connectivity index (χ1v) is 8.16. The molecule has 2 nitrogen and oxygen atoms in total. The summed E-state index contributed by atoms with van der Waals surface area (Å²) >= 11 is 2.03. The lowest BCUT2D eigenvalue weighted by molar-refractivity contribution is 0.0913. The van der Waals surface area contributed by atoms with Crippen molar-refractivity contribution in [1.29, 1.82) is 0 Å². The van der Waals surface area contributed by atoms with Gasteiger partial charge in [-0.1, -0.05) is 40.5 Å². The largest absolute Gasteiger partial charge is 0.392 e. The number of hydrogen-bond acceptors (Lipinski definition) is 3. The van der Waals surface area contributed by atoms with Crippen LogP contribution in [-0.2, 0) is 0 Å².